The van der Waals surface area contributed by atoms with Gasteiger partial charge < -0.3 is 4.74 Å². The van der Waals surface area contributed by atoms with E-state index >= 15 is 0 Å². The number of allylic oxidation sites excluding steroid dienone is 2. The van der Waals surface area contributed by atoms with Gasteiger partial charge in [-0.1, -0.05) is 76.9 Å². The van der Waals surface area contributed by atoms with E-state index in [0.29, 0.717) is 0 Å². The first-order valence-corrected chi connectivity index (χ1v) is 9.05. The number of unbranched alkanes of at least 4 members (excludes halogenated alkanes) is 12. The molecule has 0 aromatic carbocycles. The van der Waals surface area contributed by atoms with Gasteiger partial charge in [0, 0.05) is 13.7 Å². The van der Waals surface area contributed by atoms with E-state index in [1.54, 1.807) is 7.11 Å². The first-order valence-electron chi connectivity index (χ1n) is 9.05. The van der Waals surface area contributed by atoms with Crippen molar-refractivity contribution in [1.82, 2.24) is 0 Å². The van der Waals surface area contributed by atoms with E-state index in [0.717, 1.165) is 6.61 Å². The summed E-state index contributed by atoms with van der Waals surface area (Å²) in [5.41, 5.74) is 0. The Labute approximate surface area is 128 Å². The zero-order chi connectivity index (χ0) is 14.7. The van der Waals surface area contributed by atoms with Gasteiger partial charge in [-0.15, -0.1) is 0 Å². The second-order valence-electron chi connectivity index (χ2n) is 5.93. The van der Waals surface area contributed by atoms with Gasteiger partial charge in [-0.25, -0.2) is 0 Å². The highest BCUT2D eigenvalue weighted by Gasteiger charge is 1.91. The van der Waals surface area contributed by atoms with Crippen molar-refractivity contribution in [2.24, 2.45) is 0 Å². The van der Waals surface area contributed by atoms with Gasteiger partial charge in [0.05, 0.1) is 0 Å². The summed E-state index contributed by atoms with van der Waals surface area (Å²) in [6.45, 7) is 3.21. The van der Waals surface area contributed by atoms with Gasteiger partial charge in [0.2, 0.25) is 0 Å². The van der Waals surface area contributed by atoms with Crippen LogP contribution in [-0.2, 0) is 4.74 Å². The fourth-order valence-electron chi connectivity index (χ4n) is 2.49. The molecule has 20 heavy (non-hydrogen) atoms. The third-order valence-electron chi connectivity index (χ3n) is 3.86. The second kappa shape index (κ2) is 18.7. The molecule has 0 aliphatic carbocycles. The Morgan fingerprint density at radius 3 is 1.55 bits per heavy atom. The molecule has 0 bridgehead atoms. The molecule has 0 saturated carbocycles. The van der Waals surface area contributed by atoms with E-state index in [-0.39, 0.29) is 0 Å². The van der Waals surface area contributed by atoms with Gasteiger partial charge in [0.1, 0.15) is 0 Å². The topological polar surface area (TPSA) is 9.23 Å². The number of hydrogen-bond acceptors (Lipinski definition) is 1. The minimum absolute atomic E-state index is 0.932. The van der Waals surface area contributed by atoms with Crippen LogP contribution >= 0.6 is 0 Å². The average Bonchev–Trinajstić information content (AvgIpc) is 2.47. The Bertz CT molecular complexity index is 186. The van der Waals surface area contributed by atoms with E-state index in [2.05, 4.69) is 19.1 Å². The van der Waals surface area contributed by atoms with Gasteiger partial charge in [-0.05, 0) is 32.1 Å². The van der Waals surface area contributed by atoms with Crippen LogP contribution in [0.4, 0.5) is 0 Å². The van der Waals surface area contributed by atoms with Crippen molar-refractivity contribution < 1.29 is 4.74 Å². The predicted molar refractivity (Wildman–Crippen MR) is 91.3 cm³/mol. The lowest BCUT2D eigenvalue weighted by molar-refractivity contribution is 0.192. The Balaban J connectivity index is 3.01. The Hall–Kier alpha value is -0.300. The molecule has 0 aromatic rings. The zero-order valence-corrected chi connectivity index (χ0v) is 14.2. The van der Waals surface area contributed by atoms with Crippen LogP contribution in [0, 0.1) is 0 Å². The van der Waals surface area contributed by atoms with Crippen LogP contribution in [0.2, 0.25) is 0 Å². The molecule has 1 heteroatoms. The normalized spacial score (nSPS) is 11.5. The summed E-state index contributed by atoms with van der Waals surface area (Å²) in [4.78, 5) is 0. The zero-order valence-electron chi connectivity index (χ0n) is 14.2. The van der Waals surface area contributed by atoms with Gasteiger partial charge in [-0.3, -0.25) is 0 Å². The van der Waals surface area contributed by atoms with Crippen molar-refractivity contribution in [1.29, 1.82) is 0 Å². The number of rotatable bonds is 16. The van der Waals surface area contributed by atoms with E-state index in [9.17, 15) is 0 Å². The molecule has 0 aliphatic heterocycles. The first-order chi connectivity index (χ1) is 9.91. The van der Waals surface area contributed by atoms with E-state index in [4.69, 9.17) is 4.74 Å². The summed E-state index contributed by atoms with van der Waals surface area (Å²) in [5.74, 6) is 0. The molecule has 0 unspecified atom stereocenters. The maximum absolute atomic E-state index is 5.05. The summed E-state index contributed by atoms with van der Waals surface area (Å²) in [5, 5.41) is 0. The molecule has 0 rings (SSSR count). The van der Waals surface area contributed by atoms with Crippen molar-refractivity contribution in [3.05, 3.63) is 12.2 Å². The standard InChI is InChI=1S/C19H38O/c1-3-4-5-6-7-8-9-10-11-12-13-14-15-16-17-18-19-20-2/h10-11H,3-9,12-19H2,1-2H3/b11-10+. The van der Waals surface area contributed by atoms with Crippen molar-refractivity contribution in [2.75, 3.05) is 13.7 Å². The molecule has 0 atom stereocenters. The number of hydrogen-bond donors (Lipinski definition) is 0. The quantitative estimate of drug-likeness (QED) is 0.227. The lowest BCUT2D eigenvalue weighted by Gasteiger charge is -2.00. The fraction of sp³-hybridized carbons (Fsp3) is 0.895. The van der Waals surface area contributed by atoms with Crippen LogP contribution in [0.25, 0.3) is 0 Å². The number of ether oxygens (including phenoxy) is 1. The van der Waals surface area contributed by atoms with Gasteiger partial charge >= 0.3 is 0 Å². The van der Waals surface area contributed by atoms with Gasteiger partial charge in [0.15, 0.2) is 0 Å². The Kier molecular flexibility index (Phi) is 18.4. The van der Waals surface area contributed by atoms with E-state index in [1.807, 2.05) is 0 Å². The third kappa shape index (κ3) is 17.7. The Morgan fingerprint density at radius 1 is 0.600 bits per heavy atom. The van der Waals surface area contributed by atoms with Crippen LogP contribution in [0.15, 0.2) is 12.2 Å². The molecule has 0 aromatic heterocycles. The maximum atomic E-state index is 5.05. The van der Waals surface area contributed by atoms with Crippen LogP contribution in [-0.4, -0.2) is 13.7 Å². The molecule has 0 saturated heterocycles. The van der Waals surface area contributed by atoms with Crippen LogP contribution in [0.1, 0.15) is 96.8 Å². The average molecular weight is 283 g/mol. The summed E-state index contributed by atoms with van der Waals surface area (Å²) < 4.78 is 5.05. The first kappa shape index (κ1) is 19.7. The molecule has 0 fully saturated rings. The molecule has 1 nitrogen and oxygen atoms in total. The van der Waals surface area contributed by atoms with Crippen molar-refractivity contribution in [2.45, 2.75) is 96.8 Å². The highest BCUT2D eigenvalue weighted by atomic mass is 16.5. The summed E-state index contributed by atoms with van der Waals surface area (Å²) in [7, 11) is 1.79. The van der Waals surface area contributed by atoms with Crippen molar-refractivity contribution >= 4 is 0 Å². The highest BCUT2D eigenvalue weighted by molar-refractivity contribution is 4.81. The highest BCUT2D eigenvalue weighted by Crippen LogP contribution is 2.09. The lowest BCUT2D eigenvalue weighted by atomic mass is 10.1. The summed E-state index contributed by atoms with van der Waals surface area (Å²) in [6.07, 6.45) is 23.9. The second-order valence-corrected chi connectivity index (χ2v) is 5.93. The Morgan fingerprint density at radius 2 is 1.05 bits per heavy atom. The molecule has 0 aliphatic rings. The van der Waals surface area contributed by atoms with E-state index < -0.39 is 0 Å². The van der Waals surface area contributed by atoms with Crippen LogP contribution < -0.4 is 0 Å². The van der Waals surface area contributed by atoms with Gasteiger partial charge in [0.25, 0.3) is 0 Å². The third-order valence-corrected chi connectivity index (χ3v) is 3.86. The van der Waals surface area contributed by atoms with Crippen molar-refractivity contribution in [3.63, 3.8) is 0 Å². The van der Waals surface area contributed by atoms with Crippen LogP contribution in [0.5, 0.6) is 0 Å². The summed E-state index contributed by atoms with van der Waals surface area (Å²) in [6, 6.07) is 0. The molecular formula is C19H38O. The van der Waals surface area contributed by atoms with Gasteiger partial charge in [-0.2, -0.15) is 0 Å². The summed E-state index contributed by atoms with van der Waals surface area (Å²) >= 11 is 0. The maximum Gasteiger partial charge on any atom is 0.0462 e. The minimum Gasteiger partial charge on any atom is -0.385 e. The lowest BCUT2D eigenvalue weighted by Crippen LogP contribution is -1.88. The molecule has 0 amide bonds. The minimum atomic E-state index is 0.932. The van der Waals surface area contributed by atoms with Crippen LogP contribution in [0.3, 0.4) is 0 Å². The van der Waals surface area contributed by atoms with E-state index in [1.165, 1.54) is 89.9 Å². The molecule has 120 valence electrons. The van der Waals surface area contributed by atoms with Crippen molar-refractivity contribution in [3.8, 4) is 0 Å². The number of methoxy groups -OCH3 is 1. The molecule has 0 spiro atoms. The fourth-order valence-corrected chi connectivity index (χ4v) is 2.49. The monoisotopic (exact) mass is 282 g/mol. The SMILES string of the molecule is CCCCCCCC/C=C/CCCCCCCCOC. The molecular weight excluding hydrogens is 244 g/mol. The molecule has 0 radical (unpaired) electrons. The molecule has 0 N–H and O–H groups in total. The molecule has 0 heterocycles. The largest absolute Gasteiger partial charge is 0.385 e. The smallest absolute Gasteiger partial charge is 0.0462 e. The predicted octanol–water partition coefficient (Wildman–Crippen LogP) is 6.67.